The van der Waals surface area contributed by atoms with Gasteiger partial charge in [0.05, 0.1) is 19.2 Å². The molecule has 0 unspecified atom stereocenters. The van der Waals surface area contributed by atoms with E-state index < -0.39 is 0 Å². The van der Waals surface area contributed by atoms with Crippen LogP contribution in [0, 0.1) is 0 Å². The number of amides is 1. The van der Waals surface area contributed by atoms with Crippen molar-refractivity contribution in [3.8, 4) is 11.5 Å². The van der Waals surface area contributed by atoms with Crippen LogP contribution in [0.4, 0.5) is 5.69 Å². The highest BCUT2D eigenvalue weighted by molar-refractivity contribution is 6.32. The molecule has 6 nitrogen and oxygen atoms in total. The number of hydrogen-bond donors (Lipinski definition) is 1. The zero-order valence-corrected chi connectivity index (χ0v) is 18.5. The van der Waals surface area contributed by atoms with E-state index in [2.05, 4.69) is 45.4 Å². The minimum atomic E-state index is -0.158. The second-order valence-electron chi connectivity index (χ2n) is 7.32. The molecule has 1 heterocycles. The summed E-state index contributed by atoms with van der Waals surface area (Å²) in [5.74, 6) is 0.724. The molecule has 1 fully saturated rings. The smallest absolute Gasteiger partial charge is 0.251 e. The zero-order chi connectivity index (χ0) is 21.3. The fraction of sp³-hybridized carbons (Fsp3) is 0.435. The molecule has 0 atom stereocenters. The van der Waals surface area contributed by atoms with Crippen LogP contribution in [0.1, 0.15) is 23.2 Å². The maximum Gasteiger partial charge on any atom is 0.251 e. The van der Waals surface area contributed by atoms with Crippen molar-refractivity contribution in [3.05, 3.63) is 53.1 Å². The summed E-state index contributed by atoms with van der Waals surface area (Å²) in [6.45, 7) is 5.95. The van der Waals surface area contributed by atoms with Crippen molar-refractivity contribution in [1.82, 2.24) is 10.2 Å². The van der Waals surface area contributed by atoms with Gasteiger partial charge in [-0.1, -0.05) is 29.8 Å². The van der Waals surface area contributed by atoms with Crippen molar-refractivity contribution in [2.24, 2.45) is 0 Å². The summed E-state index contributed by atoms with van der Waals surface area (Å²) in [6, 6.07) is 13.8. The number of carbonyl (C=O) groups is 1. The standard InChI is InChI=1S/C23H30ClN3O3/c1-29-21-17-18(16-20(24)22(21)30-2)23(28)25-10-6-7-11-26-12-14-27(15-13-26)19-8-4-3-5-9-19/h3-5,8-9,16-17H,6-7,10-15H2,1-2H3,(H,25,28). The number of ether oxygens (including phenoxy) is 2. The van der Waals surface area contributed by atoms with Gasteiger partial charge in [0.1, 0.15) is 0 Å². The molecule has 0 aromatic heterocycles. The second kappa shape index (κ2) is 11.1. The number of piperazine rings is 1. The van der Waals surface area contributed by atoms with E-state index in [1.165, 1.54) is 19.9 Å². The van der Waals surface area contributed by atoms with Gasteiger partial charge in [0.25, 0.3) is 5.91 Å². The molecular formula is C23H30ClN3O3. The topological polar surface area (TPSA) is 54.0 Å². The minimum Gasteiger partial charge on any atom is -0.493 e. The molecule has 1 aliphatic rings. The first kappa shape index (κ1) is 22.2. The van der Waals surface area contributed by atoms with Crippen LogP contribution in [-0.2, 0) is 0 Å². The Hall–Kier alpha value is -2.44. The van der Waals surface area contributed by atoms with E-state index in [-0.39, 0.29) is 5.91 Å². The molecule has 0 radical (unpaired) electrons. The Bertz CT molecular complexity index is 824. The lowest BCUT2D eigenvalue weighted by Crippen LogP contribution is -2.46. The van der Waals surface area contributed by atoms with Gasteiger partial charge in [0, 0.05) is 44.0 Å². The van der Waals surface area contributed by atoms with Gasteiger partial charge in [0.2, 0.25) is 0 Å². The van der Waals surface area contributed by atoms with Crippen molar-refractivity contribution < 1.29 is 14.3 Å². The highest BCUT2D eigenvalue weighted by atomic mass is 35.5. The lowest BCUT2D eigenvalue weighted by Gasteiger charge is -2.36. The van der Waals surface area contributed by atoms with Gasteiger partial charge in [-0.25, -0.2) is 0 Å². The lowest BCUT2D eigenvalue weighted by atomic mass is 10.1. The number of methoxy groups -OCH3 is 2. The molecule has 30 heavy (non-hydrogen) atoms. The number of rotatable bonds is 9. The van der Waals surface area contributed by atoms with Crippen molar-refractivity contribution in [1.29, 1.82) is 0 Å². The van der Waals surface area contributed by atoms with Gasteiger partial charge in [-0.3, -0.25) is 9.69 Å². The monoisotopic (exact) mass is 431 g/mol. The van der Waals surface area contributed by atoms with Crippen LogP contribution in [0.5, 0.6) is 11.5 Å². The SMILES string of the molecule is COc1cc(C(=O)NCCCCN2CCN(c3ccccc3)CC2)cc(Cl)c1OC. The first-order chi connectivity index (χ1) is 14.6. The first-order valence-corrected chi connectivity index (χ1v) is 10.7. The third-order valence-electron chi connectivity index (χ3n) is 5.38. The second-order valence-corrected chi connectivity index (χ2v) is 7.73. The number of benzene rings is 2. The molecule has 2 aromatic rings. The number of nitrogens with one attached hydrogen (secondary N) is 1. The van der Waals surface area contributed by atoms with E-state index in [9.17, 15) is 4.79 Å². The number of carbonyl (C=O) groups excluding carboxylic acids is 1. The summed E-state index contributed by atoms with van der Waals surface area (Å²) in [4.78, 5) is 17.3. The summed E-state index contributed by atoms with van der Waals surface area (Å²) < 4.78 is 10.5. The molecule has 1 N–H and O–H groups in total. The fourth-order valence-electron chi connectivity index (χ4n) is 3.68. The molecule has 1 amide bonds. The summed E-state index contributed by atoms with van der Waals surface area (Å²) in [5.41, 5.74) is 1.77. The van der Waals surface area contributed by atoms with Gasteiger partial charge in [-0.2, -0.15) is 0 Å². The predicted molar refractivity (Wildman–Crippen MR) is 121 cm³/mol. The summed E-state index contributed by atoms with van der Waals surface area (Å²) in [5, 5.41) is 3.32. The number of anilines is 1. The Labute approximate surface area is 183 Å². The molecule has 2 aromatic carbocycles. The Morgan fingerprint density at radius 2 is 1.77 bits per heavy atom. The molecule has 1 saturated heterocycles. The maximum absolute atomic E-state index is 12.4. The molecule has 0 aliphatic carbocycles. The Kier molecular flexibility index (Phi) is 8.22. The van der Waals surface area contributed by atoms with Crippen molar-refractivity contribution in [2.75, 3.05) is 58.4 Å². The van der Waals surface area contributed by atoms with E-state index in [1.54, 1.807) is 12.1 Å². The van der Waals surface area contributed by atoms with Crippen LogP contribution >= 0.6 is 11.6 Å². The van der Waals surface area contributed by atoms with Gasteiger partial charge in [-0.05, 0) is 43.7 Å². The quantitative estimate of drug-likeness (QED) is 0.614. The third-order valence-corrected chi connectivity index (χ3v) is 5.66. The Morgan fingerprint density at radius 3 is 2.43 bits per heavy atom. The van der Waals surface area contributed by atoms with E-state index in [0.717, 1.165) is 45.6 Å². The number of nitrogens with zero attached hydrogens (tertiary/aromatic N) is 2. The van der Waals surface area contributed by atoms with Gasteiger partial charge < -0.3 is 19.7 Å². The molecule has 3 rings (SSSR count). The summed E-state index contributed by atoms with van der Waals surface area (Å²) >= 11 is 6.18. The average molecular weight is 432 g/mol. The third kappa shape index (κ3) is 5.80. The van der Waals surface area contributed by atoms with E-state index in [4.69, 9.17) is 21.1 Å². The maximum atomic E-state index is 12.4. The largest absolute Gasteiger partial charge is 0.493 e. The van der Waals surface area contributed by atoms with Crippen molar-refractivity contribution in [3.63, 3.8) is 0 Å². The van der Waals surface area contributed by atoms with Crippen molar-refractivity contribution in [2.45, 2.75) is 12.8 Å². The Morgan fingerprint density at radius 1 is 1.03 bits per heavy atom. The lowest BCUT2D eigenvalue weighted by molar-refractivity contribution is 0.0952. The van der Waals surface area contributed by atoms with Crippen LogP contribution < -0.4 is 19.7 Å². The Balaban J connectivity index is 1.36. The number of unbranched alkanes of at least 4 members (excludes halogenated alkanes) is 1. The van der Waals surface area contributed by atoms with Gasteiger partial charge in [0.15, 0.2) is 11.5 Å². The highest BCUT2D eigenvalue weighted by Crippen LogP contribution is 2.35. The van der Waals surface area contributed by atoms with Gasteiger partial charge >= 0.3 is 0 Å². The molecule has 0 bridgehead atoms. The van der Waals surface area contributed by atoms with Crippen LogP contribution in [0.25, 0.3) is 0 Å². The highest BCUT2D eigenvalue weighted by Gasteiger charge is 2.17. The number of halogens is 1. The number of para-hydroxylation sites is 1. The average Bonchev–Trinajstić information content (AvgIpc) is 2.79. The van der Waals surface area contributed by atoms with Crippen LogP contribution in [0.2, 0.25) is 5.02 Å². The zero-order valence-electron chi connectivity index (χ0n) is 17.7. The summed E-state index contributed by atoms with van der Waals surface area (Å²) in [6.07, 6.45) is 1.99. The molecule has 0 spiro atoms. The van der Waals surface area contributed by atoms with Gasteiger partial charge in [-0.15, -0.1) is 0 Å². The molecule has 7 heteroatoms. The summed E-state index contributed by atoms with van der Waals surface area (Å²) in [7, 11) is 3.04. The van der Waals surface area contributed by atoms with Crippen LogP contribution in [0.3, 0.4) is 0 Å². The number of hydrogen-bond acceptors (Lipinski definition) is 5. The fourth-order valence-corrected chi connectivity index (χ4v) is 3.97. The van der Waals surface area contributed by atoms with Crippen LogP contribution in [0.15, 0.2) is 42.5 Å². The van der Waals surface area contributed by atoms with E-state index in [0.29, 0.717) is 28.6 Å². The van der Waals surface area contributed by atoms with E-state index >= 15 is 0 Å². The molecule has 1 aliphatic heterocycles. The normalized spacial score (nSPS) is 14.4. The first-order valence-electron chi connectivity index (χ1n) is 10.3. The molecule has 162 valence electrons. The molecule has 0 saturated carbocycles. The van der Waals surface area contributed by atoms with E-state index in [1.807, 2.05) is 0 Å². The predicted octanol–water partition coefficient (Wildman–Crippen LogP) is 3.69. The minimum absolute atomic E-state index is 0.158. The van der Waals surface area contributed by atoms with Crippen molar-refractivity contribution >= 4 is 23.2 Å². The molecular weight excluding hydrogens is 402 g/mol. The van der Waals surface area contributed by atoms with Crippen LogP contribution in [-0.4, -0.2) is 64.3 Å².